The molecular weight excluding hydrogens is 218 g/mol. The molecule has 0 aliphatic rings. The van der Waals surface area contributed by atoms with Crippen LogP contribution in [0.5, 0.6) is 0 Å². The SMILES string of the molecule is CNCC(C)OCc1ccccc1CC(=O)O. The van der Waals surface area contributed by atoms with Gasteiger partial charge in [0.2, 0.25) is 0 Å². The van der Waals surface area contributed by atoms with Gasteiger partial charge in [0.1, 0.15) is 0 Å². The Labute approximate surface area is 102 Å². The third-order valence-corrected chi connectivity index (χ3v) is 2.47. The first-order valence-corrected chi connectivity index (χ1v) is 5.68. The molecule has 0 heterocycles. The van der Waals surface area contributed by atoms with Crippen molar-refractivity contribution in [2.45, 2.75) is 26.1 Å². The van der Waals surface area contributed by atoms with Crippen LogP contribution in [0.4, 0.5) is 0 Å². The Hall–Kier alpha value is -1.39. The summed E-state index contributed by atoms with van der Waals surface area (Å²) in [6, 6.07) is 7.48. The van der Waals surface area contributed by atoms with E-state index in [-0.39, 0.29) is 12.5 Å². The summed E-state index contributed by atoms with van der Waals surface area (Å²) in [5.41, 5.74) is 1.76. The van der Waals surface area contributed by atoms with E-state index in [0.29, 0.717) is 6.61 Å². The minimum atomic E-state index is -0.819. The zero-order chi connectivity index (χ0) is 12.7. The summed E-state index contributed by atoms with van der Waals surface area (Å²) in [4.78, 5) is 10.7. The molecule has 0 aliphatic carbocycles. The molecule has 17 heavy (non-hydrogen) atoms. The van der Waals surface area contributed by atoms with Crippen LogP contribution in [0, 0.1) is 0 Å². The van der Waals surface area contributed by atoms with Gasteiger partial charge in [0.05, 0.1) is 19.1 Å². The number of carbonyl (C=O) groups is 1. The minimum Gasteiger partial charge on any atom is -0.481 e. The Bertz CT molecular complexity index is 365. The molecule has 1 aromatic carbocycles. The van der Waals surface area contributed by atoms with Crippen LogP contribution in [0.25, 0.3) is 0 Å². The van der Waals surface area contributed by atoms with Gasteiger partial charge in [0.15, 0.2) is 0 Å². The predicted molar refractivity (Wildman–Crippen MR) is 66.0 cm³/mol. The highest BCUT2D eigenvalue weighted by atomic mass is 16.5. The van der Waals surface area contributed by atoms with Gasteiger partial charge in [-0.1, -0.05) is 24.3 Å². The van der Waals surface area contributed by atoms with Crippen LogP contribution in [0.1, 0.15) is 18.1 Å². The molecule has 0 fully saturated rings. The quantitative estimate of drug-likeness (QED) is 0.753. The molecular formula is C13H19NO3. The van der Waals surface area contributed by atoms with Crippen molar-refractivity contribution < 1.29 is 14.6 Å². The molecule has 2 N–H and O–H groups in total. The average molecular weight is 237 g/mol. The standard InChI is InChI=1S/C13H19NO3/c1-10(8-14-2)17-9-12-6-4-3-5-11(12)7-13(15)16/h3-6,10,14H,7-9H2,1-2H3,(H,15,16). The van der Waals surface area contributed by atoms with Gasteiger partial charge < -0.3 is 15.2 Å². The van der Waals surface area contributed by atoms with Crippen molar-refractivity contribution in [2.75, 3.05) is 13.6 Å². The Morgan fingerprint density at radius 3 is 2.65 bits per heavy atom. The van der Waals surface area contributed by atoms with E-state index >= 15 is 0 Å². The highest BCUT2D eigenvalue weighted by molar-refractivity contribution is 5.70. The minimum absolute atomic E-state index is 0.0416. The van der Waals surface area contributed by atoms with Crippen molar-refractivity contribution >= 4 is 5.97 Å². The van der Waals surface area contributed by atoms with Crippen molar-refractivity contribution in [3.05, 3.63) is 35.4 Å². The summed E-state index contributed by atoms with van der Waals surface area (Å²) in [6.07, 6.45) is 0.151. The van der Waals surface area contributed by atoms with Gasteiger partial charge in [-0.15, -0.1) is 0 Å². The summed E-state index contributed by atoms with van der Waals surface area (Å²) in [5, 5.41) is 11.8. The van der Waals surface area contributed by atoms with Crippen molar-refractivity contribution in [3.8, 4) is 0 Å². The maximum Gasteiger partial charge on any atom is 0.307 e. The first-order valence-electron chi connectivity index (χ1n) is 5.68. The van der Waals surface area contributed by atoms with E-state index in [1.165, 1.54) is 0 Å². The van der Waals surface area contributed by atoms with Gasteiger partial charge in [-0.3, -0.25) is 4.79 Å². The topological polar surface area (TPSA) is 58.6 Å². The molecule has 0 saturated heterocycles. The number of nitrogens with one attached hydrogen (secondary N) is 1. The molecule has 0 bridgehead atoms. The van der Waals surface area contributed by atoms with Crippen LogP contribution >= 0.6 is 0 Å². The van der Waals surface area contributed by atoms with Crippen LogP contribution in [-0.2, 0) is 22.6 Å². The number of carboxylic acid groups (broad SMARTS) is 1. The Morgan fingerprint density at radius 1 is 1.41 bits per heavy atom. The maximum atomic E-state index is 10.7. The van der Waals surface area contributed by atoms with Crippen molar-refractivity contribution in [2.24, 2.45) is 0 Å². The van der Waals surface area contributed by atoms with Crippen LogP contribution in [0.2, 0.25) is 0 Å². The second-order valence-electron chi connectivity index (χ2n) is 4.02. The largest absolute Gasteiger partial charge is 0.481 e. The highest BCUT2D eigenvalue weighted by Crippen LogP contribution is 2.12. The second kappa shape index (κ2) is 7.04. The van der Waals surface area contributed by atoms with E-state index in [0.717, 1.165) is 17.7 Å². The molecule has 4 nitrogen and oxygen atoms in total. The number of ether oxygens (including phenoxy) is 1. The fourth-order valence-corrected chi connectivity index (χ4v) is 1.61. The number of aliphatic carboxylic acids is 1. The number of likely N-dealkylation sites (N-methyl/N-ethyl adjacent to an activating group) is 1. The summed E-state index contributed by atoms with van der Waals surface area (Å²) in [6.45, 7) is 3.21. The average Bonchev–Trinajstić information content (AvgIpc) is 2.27. The van der Waals surface area contributed by atoms with Crippen LogP contribution < -0.4 is 5.32 Å². The molecule has 94 valence electrons. The first-order chi connectivity index (χ1) is 8.13. The smallest absolute Gasteiger partial charge is 0.307 e. The zero-order valence-electron chi connectivity index (χ0n) is 10.3. The lowest BCUT2D eigenvalue weighted by atomic mass is 10.1. The lowest BCUT2D eigenvalue weighted by molar-refractivity contribution is -0.136. The fraction of sp³-hybridized carbons (Fsp3) is 0.462. The zero-order valence-corrected chi connectivity index (χ0v) is 10.3. The maximum absolute atomic E-state index is 10.7. The van der Waals surface area contributed by atoms with Crippen LogP contribution in [0.3, 0.4) is 0 Å². The molecule has 4 heteroatoms. The van der Waals surface area contributed by atoms with E-state index in [9.17, 15) is 4.79 Å². The third-order valence-electron chi connectivity index (χ3n) is 2.47. The molecule has 1 aromatic rings. The number of hydrogen-bond acceptors (Lipinski definition) is 3. The van der Waals surface area contributed by atoms with Crippen molar-refractivity contribution in [1.82, 2.24) is 5.32 Å². The van der Waals surface area contributed by atoms with E-state index in [2.05, 4.69) is 5.32 Å². The van der Waals surface area contributed by atoms with Gasteiger partial charge >= 0.3 is 5.97 Å². The van der Waals surface area contributed by atoms with Crippen molar-refractivity contribution in [3.63, 3.8) is 0 Å². The molecule has 1 unspecified atom stereocenters. The summed E-state index contributed by atoms with van der Waals surface area (Å²) in [5.74, 6) is -0.819. The number of rotatable bonds is 7. The second-order valence-corrected chi connectivity index (χ2v) is 4.02. The molecule has 1 atom stereocenters. The molecule has 0 spiro atoms. The van der Waals surface area contributed by atoms with Gasteiger partial charge in [0.25, 0.3) is 0 Å². The lowest BCUT2D eigenvalue weighted by Gasteiger charge is -2.14. The van der Waals surface area contributed by atoms with E-state index in [1.54, 1.807) is 0 Å². The van der Waals surface area contributed by atoms with Crippen molar-refractivity contribution in [1.29, 1.82) is 0 Å². The molecule has 0 saturated carbocycles. The summed E-state index contributed by atoms with van der Waals surface area (Å²) < 4.78 is 5.64. The first kappa shape index (κ1) is 13.7. The van der Waals surface area contributed by atoms with E-state index < -0.39 is 5.97 Å². The number of hydrogen-bond donors (Lipinski definition) is 2. The molecule has 1 rings (SSSR count). The molecule has 0 amide bonds. The Balaban J connectivity index is 2.60. The molecule has 0 radical (unpaired) electrons. The van der Waals surface area contributed by atoms with Gasteiger partial charge in [0, 0.05) is 6.54 Å². The lowest BCUT2D eigenvalue weighted by Crippen LogP contribution is -2.23. The summed E-state index contributed by atoms with van der Waals surface area (Å²) >= 11 is 0. The summed E-state index contributed by atoms with van der Waals surface area (Å²) in [7, 11) is 1.87. The van der Waals surface area contributed by atoms with Gasteiger partial charge in [-0.05, 0) is 25.1 Å². The Kier molecular flexibility index (Phi) is 5.66. The van der Waals surface area contributed by atoms with Crippen LogP contribution in [0.15, 0.2) is 24.3 Å². The molecule has 0 aliphatic heterocycles. The van der Waals surface area contributed by atoms with Gasteiger partial charge in [-0.2, -0.15) is 0 Å². The number of benzene rings is 1. The van der Waals surface area contributed by atoms with E-state index in [1.807, 2.05) is 38.2 Å². The van der Waals surface area contributed by atoms with Crippen LogP contribution in [-0.4, -0.2) is 30.8 Å². The fourth-order valence-electron chi connectivity index (χ4n) is 1.61. The normalized spacial score (nSPS) is 12.4. The Morgan fingerprint density at radius 2 is 2.06 bits per heavy atom. The third kappa shape index (κ3) is 4.97. The van der Waals surface area contributed by atoms with Gasteiger partial charge in [-0.25, -0.2) is 0 Å². The monoisotopic (exact) mass is 237 g/mol. The number of carboxylic acids is 1. The predicted octanol–water partition coefficient (Wildman–Crippen LogP) is 1.44. The van der Waals surface area contributed by atoms with E-state index in [4.69, 9.17) is 9.84 Å². The highest BCUT2D eigenvalue weighted by Gasteiger charge is 2.07. The molecule has 0 aromatic heterocycles.